The van der Waals surface area contributed by atoms with E-state index >= 15 is 0 Å². The number of aromatic nitrogens is 1. The third-order valence-corrected chi connectivity index (χ3v) is 8.00. The predicted molar refractivity (Wildman–Crippen MR) is 121 cm³/mol. The lowest BCUT2D eigenvalue weighted by Crippen LogP contribution is -2.47. The van der Waals surface area contributed by atoms with E-state index in [2.05, 4.69) is 6.07 Å². The lowest BCUT2D eigenvalue weighted by Gasteiger charge is -2.27. The predicted octanol–water partition coefficient (Wildman–Crippen LogP) is 3.87. The van der Waals surface area contributed by atoms with Crippen molar-refractivity contribution in [2.45, 2.75) is 39.3 Å². The minimum atomic E-state index is -3.45. The molecule has 0 radical (unpaired) electrons. The molecule has 4 rings (SSSR count). The van der Waals surface area contributed by atoms with Crippen LogP contribution < -0.4 is 4.90 Å². The fourth-order valence-electron chi connectivity index (χ4n) is 3.90. The van der Waals surface area contributed by atoms with Crippen LogP contribution in [0.25, 0.3) is 10.2 Å². The number of sulfonamides is 1. The molecule has 2 aromatic carbocycles. The van der Waals surface area contributed by atoms with Crippen LogP contribution in [0.4, 0.5) is 5.13 Å². The molecule has 8 heteroatoms. The van der Waals surface area contributed by atoms with Crippen LogP contribution in [0.2, 0.25) is 0 Å². The van der Waals surface area contributed by atoms with Crippen molar-refractivity contribution >= 4 is 42.6 Å². The van der Waals surface area contributed by atoms with Gasteiger partial charge < -0.3 is 0 Å². The third kappa shape index (κ3) is 3.99. The number of thiazole rings is 1. The van der Waals surface area contributed by atoms with Gasteiger partial charge in [0.15, 0.2) is 5.13 Å². The molecule has 1 aromatic heterocycles. The Bertz CT molecular complexity index is 1190. The summed E-state index contributed by atoms with van der Waals surface area (Å²) in [6, 6.07) is 13.1. The van der Waals surface area contributed by atoms with E-state index in [1.807, 2.05) is 50.2 Å². The van der Waals surface area contributed by atoms with E-state index in [0.29, 0.717) is 31.1 Å². The van der Waals surface area contributed by atoms with Crippen LogP contribution in [-0.4, -0.2) is 42.5 Å². The summed E-state index contributed by atoms with van der Waals surface area (Å²) in [5.41, 5.74) is 4.12. The van der Waals surface area contributed by atoms with Gasteiger partial charge in [-0.2, -0.15) is 4.31 Å². The molecule has 0 saturated carbocycles. The fraction of sp³-hybridized carbons (Fsp3) is 0.364. The van der Waals surface area contributed by atoms with Crippen LogP contribution in [0.1, 0.15) is 29.5 Å². The highest BCUT2D eigenvalue weighted by Crippen LogP contribution is 2.34. The van der Waals surface area contributed by atoms with E-state index in [-0.39, 0.29) is 5.91 Å². The summed E-state index contributed by atoms with van der Waals surface area (Å²) < 4.78 is 26.8. The molecule has 0 N–H and O–H groups in total. The van der Waals surface area contributed by atoms with Crippen LogP contribution in [-0.2, 0) is 21.4 Å². The van der Waals surface area contributed by atoms with Gasteiger partial charge in [-0.05, 0) is 49.4 Å². The van der Waals surface area contributed by atoms with E-state index in [9.17, 15) is 13.2 Å². The Hall–Kier alpha value is -2.29. The zero-order valence-corrected chi connectivity index (χ0v) is 19.0. The molecule has 1 atom stereocenters. The summed E-state index contributed by atoms with van der Waals surface area (Å²) >= 11 is 1.47. The zero-order valence-electron chi connectivity index (χ0n) is 17.3. The maximum Gasteiger partial charge on any atom is 0.247 e. The number of anilines is 1. The van der Waals surface area contributed by atoms with Crippen LogP contribution in [0, 0.1) is 13.8 Å². The topological polar surface area (TPSA) is 70.6 Å². The van der Waals surface area contributed by atoms with Crippen LogP contribution >= 0.6 is 11.3 Å². The van der Waals surface area contributed by atoms with Crippen LogP contribution in [0.5, 0.6) is 0 Å². The highest BCUT2D eigenvalue weighted by molar-refractivity contribution is 7.88. The molecule has 0 spiro atoms. The smallest absolute Gasteiger partial charge is 0.247 e. The van der Waals surface area contributed by atoms with Crippen LogP contribution in [0.15, 0.2) is 42.5 Å². The Balaban J connectivity index is 1.77. The molecule has 0 aliphatic carbocycles. The van der Waals surface area contributed by atoms with E-state index in [1.54, 1.807) is 4.90 Å². The summed E-state index contributed by atoms with van der Waals surface area (Å²) in [6.45, 7) is 4.81. The maximum absolute atomic E-state index is 13.6. The molecule has 2 heterocycles. The first kappa shape index (κ1) is 21.0. The molecule has 6 nitrogen and oxygen atoms in total. The van der Waals surface area contributed by atoms with Gasteiger partial charge in [0.25, 0.3) is 0 Å². The standard InChI is InChI=1S/C22H25N3O3S2/c1-15-11-12-19-20(16(15)2)23-22(29-19)24(14-17-8-5-4-6-9-17)21(26)18-10-7-13-25(18)30(3,27)28/h4-6,8-9,11-12,18H,7,10,13-14H2,1-3H3/t18-/m1/s1. The van der Waals surface area contributed by atoms with Crippen molar-refractivity contribution in [1.82, 2.24) is 9.29 Å². The number of carbonyl (C=O) groups is 1. The van der Waals surface area contributed by atoms with E-state index in [0.717, 1.165) is 26.9 Å². The van der Waals surface area contributed by atoms with Gasteiger partial charge >= 0.3 is 0 Å². The molecule has 1 fully saturated rings. The van der Waals surface area contributed by atoms with Gasteiger partial charge in [0, 0.05) is 6.54 Å². The minimum Gasteiger partial charge on any atom is -0.282 e. The second-order valence-corrected chi connectivity index (χ2v) is 10.7. The zero-order chi connectivity index (χ0) is 21.5. The number of hydrogen-bond acceptors (Lipinski definition) is 5. The summed E-state index contributed by atoms with van der Waals surface area (Å²) in [4.78, 5) is 20.1. The van der Waals surface area contributed by atoms with Crippen molar-refractivity contribution in [2.24, 2.45) is 0 Å². The minimum absolute atomic E-state index is 0.213. The summed E-state index contributed by atoms with van der Waals surface area (Å²) in [7, 11) is -3.45. The molecule has 158 valence electrons. The number of fused-ring (bicyclic) bond motifs is 1. The van der Waals surface area contributed by atoms with Crippen molar-refractivity contribution in [3.63, 3.8) is 0 Å². The number of hydrogen-bond donors (Lipinski definition) is 0. The van der Waals surface area contributed by atoms with E-state index in [1.165, 1.54) is 21.9 Å². The molecule has 1 aliphatic rings. The number of amides is 1. The average molecular weight is 444 g/mol. The number of nitrogens with zero attached hydrogens (tertiary/aromatic N) is 3. The normalized spacial score (nSPS) is 17.5. The molecule has 0 unspecified atom stereocenters. The first-order valence-corrected chi connectivity index (χ1v) is 12.6. The van der Waals surface area contributed by atoms with Crippen LogP contribution in [0.3, 0.4) is 0 Å². The molecule has 0 bridgehead atoms. The Kier molecular flexibility index (Phi) is 5.65. The van der Waals surface area contributed by atoms with Gasteiger partial charge in [-0.1, -0.05) is 47.7 Å². The quantitative estimate of drug-likeness (QED) is 0.600. The number of carbonyl (C=O) groups excluding carboxylic acids is 1. The summed E-state index contributed by atoms with van der Waals surface area (Å²) in [5.74, 6) is -0.213. The van der Waals surface area contributed by atoms with Crippen molar-refractivity contribution in [2.75, 3.05) is 17.7 Å². The Morgan fingerprint density at radius 2 is 1.93 bits per heavy atom. The Morgan fingerprint density at radius 1 is 1.20 bits per heavy atom. The molecule has 30 heavy (non-hydrogen) atoms. The summed E-state index contributed by atoms with van der Waals surface area (Å²) in [5, 5.41) is 0.605. The lowest BCUT2D eigenvalue weighted by molar-refractivity contribution is -0.121. The van der Waals surface area contributed by atoms with Gasteiger partial charge in [0.1, 0.15) is 6.04 Å². The Labute approximate surface area is 181 Å². The second kappa shape index (κ2) is 8.09. The largest absolute Gasteiger partial charge is 0.282 e. The van der Waals surface area contributed by atoms with Crippen molar-refractivity contribution in [1.29, 1.82) is 0 Å². The average Bonchev–Trinajstić information content (AvgIpc) is 3.37. The van der Waals surface area contributed by atoms with Gasteiger partial charge in [-0.25, -0.2) is 13.4 Å². The summed E-state index contributed by atoms with van der Waals surface area (Å²) in [6.07, 6.45) is 2.38. The highest BCUT2D eigenvalue weighted by Gasteiger charge is 2.39. The SMILES string of the molecule is Cc1ccc2sc(N(Cc3ccccc3)C(=O)[C@H]3CCCN3S(C)(=O)=O)nc2c1C. The monoisotopic (exact) mass is 443 g/mol. The third-order valence-electron chi connectivity index (χ3n) is 5.67. The fourth-order valence-corrected chi connectivity index (χ4v) is 6.05. The first-order valence-electron chi connectivity index (χ1n) is 9.94. The van der Waals surface area contributed by atoms with Gasteiger partial charge in [0.2, 0.25) is 15.9 Å². The number of rotatable bonds is 5. The lowest BCUT2D eigenvalue weighted by atomic mass is 10.1. The molecule has 3 aromatic rings. The molecule has 1 aliphatic heterocycles. The van der Waals surface area contributed by atoms with Crippen molar-refractivity contribution in [3.8, 4) is 0 Å². The second-order valence-electron chi connectivity index (χ2n) is 7.79. The molecular formula is C22H25N3O3S2. The molecular weight excluding hydrogens is 418 g/mol. The molecule has 1 saturated heterocycles. The molecule has 1 amide bonds. The number of benzene rings is 2. The van der Waals surface area contributed by atoms with Gasteiger partial charge in [0.05, 0.1) is 23.0 Å². The van der Waals surface area contributed by atoms with Gasteiger partial charge in [-0.15, -0.1) is 0 Å². The Morgan fingerprint density at radius 3 is 2.63 bits per heavy atom. The first-order chi connectivity index (χ1) is 14.3. The van der Waals surface area contributed by atoms with Gasteiger partial charge in [-0.3, -0.25) is 9.69 Å². The van der Waals surface area contributed by atoms with E-state index in [4.69, 9.17) is 4.98 Å². The number of aryl methyl sites for hydroxylation is 2. The maximum atomic E-state index is 13.6. The van der Waals surface area contributed by atoms with Crippen molar-refractivity contribution in [3.05, 3.63) is 59.2 Å². The highest BCUT2D eigenvalue weighted by atomic mass is 32.2. The van der Waals surface area contributed by atoms with E-state index < -0.39 is 16.1 Å². The van der Waals surface area contributed by atoms with Crippen molar-refractivity contribution < 1.29 is 13.2 Å².